The zero-order valence-electron chi connectivity index (χ0n) is 15.9. The molecule has 27 heavy (non-hydrogen) atoms. The van der Waals surface area contributed by atoms with Crippen LogP contribution < -0.4 is 0 Å². The average Bonchev–Trinajstić information content (AvgIpc) is 2.66. The van der Waals surface area contributed by atoms with Crippen LogP contribution in [0.1, 0.15) is 36.5 Å². The maximum absolute atomic E-state index is 12.8. The number of carbonyl (C=O) groups is 2. The average molecular weight is 388 g/mol. The SMILES string of the molecule is CCOC(=O)CCN(Cc1ccc(Cl)cc1)C(=O)CCc1ccc(C)cc1. The topological polar surface area (TPSA) is 46.6 Å². The van der Waals surface area contributed by atoms with E-state index >= 15 is 0 Å². The van der Waals surface area contributed by atoms with Crippen molar-refractivity contribution in [1.82, 2.24) is 4.90 Å². The molecule has 4 nitrogen and oxygen atoms in total. The third-order valence-electron chi connectivity index (χ3n) is 4.28. The molecule has 0 aliphatic carbocycles. The summed E-state index contributed by atoms with van der Waals surface area (Å²) in [7, 11) is 0. The Bertz CT molecular complexity index is 741. The third-order valence-corrected chi connectivity index (χ3v) is 4.53. The van der Waals surface area contributed by atoms with Crippen molar-refractivity contribution in [3.8, 4) is 0 Å². The fourth-order valence-electron chi connectivity index (χ4n) is 2.73. The van der Waals surface area contributed by atoms with Crippen molar-refractivity contribution in [2.24, 2.45) is 0 Å². The summed E-state index contributed by atoms with van der Waals surface area (Å²) in [4.78, 5) is 26.2. The number of hydrogen-bond acceptors (Lipinski definition) is 3. The number of ether oxygens (including phenoxy) is 1. The maximum atomic E-state index is 12.8. The maximum Gasteiger partial charge on any atom is 0.307 e. The summed E-state index contributed by atoms with van der Waals surface area (Å²) in [6.07, 6.45) is 1.27. The highest BCUT2D eigenvalue weighted by atomic mass is 35.5. The van der Waals surface area contributed by atoms with Crippen LogP contribution in [0, 0.1) is 6.92 Å². The summed E-state index contributed by atoms with van der Waals surface area (Å²) >= 11 is 5.94. The van der Waals surface area contributed by atoms with Crippen LogP contribution in [-0.2, 0) is 27.3 Å². The molecule has 0 unspecified atom stereocenters. The van der Waals surface area contributed by atoms with E-state index < -0.39 is 0 Å². The lowest BCUT2D eigenvalue weighted by molar-refractivity contribution is -0.144. The lowest BCUT2D eigenvalue weighted by Crippen LogP contribution is -2.33. The van der Waals surface area contributed by atoms with Crippen LogP contribution in [0.5, 0.6) is 0 Å². The number of benzene rings is 2. The minimum atomic E-state index is -0.287. The van der Waals surface area contributed by atoms with Crippen LogP contribution in [0.2, 0.25) is 5.02 Å². The van der Waals surface area contributed by atoms with Crippen molar-refractivity contribution >= 4 is 23.5 Å². The van der Waals surface area contributed by atoms with Gasteiger partial charge in [-0.15, -0.1) is 0 Å². The zero-order valence-corrected chi connectivity index (χ0v) is 16.7. The van der Waals surface area contributed by atoms with Crippen LogP contribution in [0.15, 0.2) is 48.5 Å². The molecule has 0 N–H and O–H groups in total. The molecule has 0 saturated carbocycles. The van der Waals surface area contributed by atoms with Gasteiger partial charge in [-0.1, -0.05) is 53.6 Å². The molecular weight excluding hydrogens is 362 g/mol. The third kappa shape index (κ3) is 7.43. The molecule has 0 heterocycles. The van der Waals surface area contributed by atoms with E-state index in [4.69, 9.17) is 16.3 Å². The van der Waals surface area contributed by atoms with E-state index in [1.165, 1.54) is 5.56 Å². The molecule has 0 bridgehead atoms. The molecule has 5 heteroatoms. The van der Waals surface area contributed by atoms with E-state index in [-0.39, 0.29) is 18.3 Å². The van der Waals surface area contributed by atoms with Crippen molar-refractivity contribution < 1.29 is 14.3 Å². The highest BCUT2D eigenvalue weighted by Gasteiger charge is 2.16. The summed E-state index contributed by atoms with van der Waals surface area (Å²) in [6, 6.07) is 15.6. The van der Waals surface area contributed by atoms with E-state index in [9.17, 15) is 9.59 Å². The van der Waals surface area contributed by atoms with Gasteiger partial charge in [0.15, 0.2) is 0 Å². The first-order valence-electron chi connectivity index (χ1n) is 9.21. The second-order valence-corrected chi connectivity index (χ2v) is 6.92. The summed E-state index contributed by atoms with van der Waals surface area (Å²) in [6.45, 7) is 4.95. The first kappa shape index (κ1) is 21.0. The van der Waals surface area contributed by atoms with Crippen molar-refractivity contribution in [3.05, 3.63) is 70.2 Å². The predicted octanol–water partition coefficient (Wildman–Crippen LogP) is 4.56. The van der Waals surface area contributed by atoms with Gasteiger partial charge in [-0.25, -0.2) is 0 Å². The van der Waals surface area contributed by atoms with E-state index in [1.807, 2.05) is 43.3 Å². The lowest BCUT2D eigenvalue weighted by Gasteiger charge is -2.23. The predicted molar refractivity (Wildman–Crippen MR) is 108 cm³/mol. The van der Waals surface area contributed by atoms with Gasteiger partial charge in [-0.2, -0.15) is 0 Å². The van der Waals surface area contributed by atoms with E-state index in [2.05, 4.69) is 0 Å². The molecule has 2 aromatic rings. The Kier molecular flexibility index (Phi) is 8.34. The molecule has 0 fully saturated rings. The Hall–Kier alpha value is -2.33. The fourth-order valence-corrected chi connectivity index (χ4v) is 2.85. The van der Waals surface area contributed by atoms with Gasteiger partial charge in [0.25, 0.3) is 0 Å². The number of hydrogen-bond donors (Lipinski definition) is 0. The Labute approximate surface area is 166 Å². The smallest absolute Gasteiger partial charge is 0.307 e. The molecule has 2 rings (SSSR count). The molecule has 0 radical (unpaired) electrons. The van der Waals surface area contributed by atoms with E-state index in [1.54, 1.807) is 24.0 Å². The van der Waals surface area contributed by atoms with Crippen molar-refractivity contribution in [2.45, 2.75) is 39.7 Å². The standard InChI is InChI=1S/C22H26ClNO3/c1-3-27-22(26)14-15-24(16-19-8-11-20(23)12-9-19)21(25)13-10-18-6-4-17(2)5-7-18/h4-9,11-12H,3,10,13-16H2,1-2H3. The number of halogens is 1. The first-order valence-corrected chi connectivity index (χ1v) is 9.59. The second-order valence-electron chi connectivity index (χ2n) is 6.48. The van der Waals surface area contributed by atoms with Crippen molar-refractivity contribution in [3.63, 3.8) is 0 Å². The first-order chi connectivity index (χ1) is 13.0. The largest absolute Gasteiger partial charge is 0.466 e. The number of aryl methyl sites for hydroxylation is 2. The van der Waals surface area contributed by atoms with Gasteiger partial charge in [0.2, 0.25) is 5.91 Å². The van der Waals surface area contributed by atoms with Crippen molar-refractivity contribution in [1.29, 1.82) is 0 Å². The minimum Gasteiger partial charge on any atom is -0.466 e. The molecular formula is C22H26ClNO3. The second kappa shape index (κ2) is 10.7. The number of carbonyl (C=O) groups excluding carboxylic acids is 2. The molecule has 0 spiro atoms. The Morgan fingerprint density at radius 3 is 2.22 bits per heavy atom. The Balaban J connectivity index is 1.99. The van der Waals surface area contributed by atoms with Crippen LogP contribution in [0.3, 0.4) is 0 Å². The summed E-state index contributed by atoms with van der Waals surface area (Å²) in [5.74, 6) is -0.264. The zero-order chi connectivity index (χ0) is 19.6. The monoisotopic (exact) mass is 387 g/mol. The van der Waals surface area contributed by atoms with Gasteiger partial charge >= 0.3 is 5.97 Å². The molecule has 0 aliphatic rings. The number of nitrogens with zero attached hydrogens (tertiary/aromatic N) is 1. The van der Waals surface area contributed by atoms with Crippen LogP contribution in [0.25, 0.3) is 0 Å². The Morgan fingerprint density at radius 1 is 0.963 bits per heavy atom. The highest BCUT2D eigenvalue weighted by Crippen LogP contribution is 2.14. The molecule has 144 valence electrons. The van der Waals surface area contributed by atoms with E-state index in [0.29, 0.717) is 37.6 Å². The number of esters is 1. The van der Waals surface area contributed by atoms with Crippen LogP contribution in [-0.4, -0.2) is 29.9 Å². The number of amides is 1. The summed E-state index contributed by atoms with van der Waals surface area (Å²) in [5, 5.41) is 0.655. The van der Waals surface area contributed by atoms with E-state index in [0.717, 1.165) is 11.1 Å². The lowest BCUT2D eigenvalue weighted by atomic mass is 10.1. The Morgan fingerprint density at radius 2 is 1.59 bits per heavy atom. The molecule has 0 atom stereocenters. The molecule has 2 aromatic carbocycles. The molecule has 0 aromatic heterocycles. The van der Waals surface area contributed by atoms with Gasteiger partial charge < -0.3 is 9.64 Å². The van der Waals surface area contributed by atoms with Crippen LogP contribution in [0.4, 0.5) is 0 Å². The van der Waals surface area contributed by atoms with Gasteiger partial charge in [0.1, 0.15) is 0 Å². The normalized spacial score (nSPS) is 10.5. The quantitative estimate of drug-likeness (QED) is 0.592. The summed E-state index contributed by atoms with van der Waals surface area (Å²) in [5.41, 5.74) is 3.31. The molecule has 0 aliphatic heterocycles. The van der Waals surface area contributed by atoms with Crippen molar-refractivity contribution in [2.75, 3.05) is 13.2 Å². The van der Waals surface area contributed by atoms with Gasteiger partial charge in [0.05, 0.1) is 13.0 Å². The molecule has 0 saturated heterocycles. The van der Waals surface area contributed by atoms with Crippen LogP contribution >= 0.6 is 11.6 Å². The number of rotatable bonds is 9. The fraction of sp³-hybridized carbons (Fsp3) is 0.364. The van der Waals surface area contributed by atoms with Gasteiger partial charge in [-0.05, 0) is 43.5 Å². The van der Waals surface area contributed by atoms with Gasteiger partial charge in [-0.3, -0.25) is 9.59 Å². The molecule has 1 amide bonds. The van der Waals surface area contributed by atoms with Gasteiger partial charge in [0, 0.05) is 24.5 Å². The summed E-state index contributed by atoms with van der Waals surface area (Å²) < 4.78 is 4.98. The minimum absolute atomic E-state index is 0.0230. The highest BCUT2D eigenvalue weighted by molar-refractivity contribution is 6.30.